The van der Waals surface area contributed by atoms with Gasteiger partial charge < -0.3 is 4.74 Å². The van der Waals surface area contributed by atoms with Crippen LogP contribution in [0, 0.1) is 0 Å². The van der Waals surface area contributed by atoms with Crippen molar-refractivity contribution in [3.63, 3.8) is 0 Å². The predicted molar refractivity (Wildman–Crippen MR) is 127 cm³/mol. The summed E-state index contributed by atoms with van der Waals surface area (Å²) in [6, 6.07) is 0. The van der Waals surface area contributed by atoms with Crippen LogP contribution < -0.4 is 0 Å². The van der Waals surface area contributed by atoms with Crippen LogP contribution in [0.25, 0.3) is 0 Å². The molecule has 0 aromatic heterocycles. The molecule has 0 saturated heterocycles. The summed E-state index contributed by atoms with van der Waals surface area (Å²) in [6.07, 6.45) is 22.1. The fourth-order valence-corrected chi connectivity index (χ4v) is 3.65. The summed E-state index contributed by atoms with van der Waals surface area (Å²) in [7, 11) is 4.28. The summed E-state index contributed by atoms with van der Waals surface area (Å²) in [5, 5.41) is 0. The first-order chi connectivity index (χ1) is 13.8. The molecule has 0 rings (SSSR count). The molecule has 3 heteroatoms. The minimum atomic E-state index is -0.282. The van der Waals surface area contributed by atoms with E-state index >= 15 is 0 Å². The molecule has 0 aliphatic heterocycles. The molecule has 0 N–H and O–H groups in total. The van der Waals surface area contributed by atoms with Gasteiger partial charge in [0.15, 0.2) is 0 Å². The van der Waals surface area contributed by atoms with Crippen LogP contribution in [-0.2, 0) is 9.53 Å². The van der Waals surface area contributed by atoms with E-state index in [0.29, 0.717) is 5.57 Å². The largest absolute Gasteiger partial charge is 0.409 e. The topological polar surface area (TPSA) is 26.3 Å². The highest BCUT2D eigenvalue weighted by Gasteiger charge is 2.26. The van der Waals surface area contributed by atoms with Crippen LogP contribution in [-0.4, -0.2) is 37.3 Å². The molecule has 3 nitrogen and oxygen atoms in total. The van der Waals surface area contributed by atoms with Crippen LogP contribution in [0.2, 0.25) is 0 Å². The first kappa shape index (κ1) is 28.2. The minimum absolute atomic E-state index is 0.129. The molecular weight excluding hydrogens is 358 g/mol. The number of nitrogens with zero attached hydrogens (tertiary/aromatic N) is 1. The summed E-state index contributed by atoms with van der Waals surface area (Å²) in [4.78, 5) is 11.7. The Morgan fingerprint density at radius 1 is 0.759 bits per heavy atom. The zero-order valence-corrected chi connectivity index (χ0v) is 20.6. The van der Waals surface area contributed by atoms with Gasteiger partial charge in [0.1, 0.15) is 0 Å². The van der Waals surface area contributed by atoms with Gasteiger partial charge in [-0.1, -0.05) is 103 Å². The molecule has 0 heterocycles. The van der Waals surface area contributed by atoms with E-state index < -0.39 is 0 Å². The second kappa shape index (κ2) is 18.0. The molecule has 1 atom stereocenters. The third-order valence-electron chi connectivity index (χ3n) is 6.20. The monoisotopic (exact) mass is 410 g/mol. The Hall–Kier alpha value is -0.830. The Labute approximate surface area is 182 Å². The van der Waals surface area contributed by atoms with Gasteiger partial charge >= 0.3 is 5.97 Å². The fourth-order valence-electron chi connectivity index (χ4n) is 3.65. The molecule has 0 radical (unpaired) electrons. The van der Waals surface area contributed by atoms with Crippen molar-refractivity contribution in [1.29, 1.82) is 0 Å². The highest BCUT2D eigenvalue weighted by Crippen LogP contribution is 2.16. The Morgan fingerprint density at radius 2 is 1.10 bits per heavy atom. The van der Waals surface area contributed by atoms with Crippen LogP contribution in [0.15, 0.2) is 12.2 Å². The normalized spacial score (nSPS) is 12.7. The number of esters is 1. The third-order valence-corrected chi connectivity index (χ3v) is 6.20. The highest BCUT2D eigenvalue weighted by molar-refractivity contribution is 5.86. The van der Waals surface area contributed by atoms with Gasteiger partial charge in [-0.2, -0.15) is 0 Å². The zero-order chi connectivity index (χ0) is 22.0. The van der Waals surface area contributed by atoms with Crippen molar-refractivity contribution in [2.24, 2.45) is 0 Å². The summed E-state index contributed by atoms with van der Waals surface area (Å²) in [5.74, 6) is -0.282. The second-order valence-electron chi connectivity index (χ2n) is 9.59. The molecule has 0 bridgehead atoms. The van der Waals surface area contributed by atoms with Crippen LogP contribution in [0.4, 0.5) is 0 Å². The lowest BCUT2D eigenvalue weighted by Crippen LogP contribution is -2.50. The first-order valence-electron chi connectivity index (χ1n) is 12.5. The molecule has 0 amide bonds. The predicted octanol–water partition coefficient (Wildman–Crippen LogP) is 7.79. The number of rotatable bonds is 20. The van der Waals surface area contributed by atoms with E-state index in [1.165, 1.54) is 103 Å². The average Bonchev–Trinajstić information content (AvgIpc) is 2.67. The lowest BCUT2D eigenvalue weighted by atomic mass is 10.0. The number of hydrogen-bond acceptors (Lipinski definition) is 2. The fraction of sp³-hybridized carbons (Fsp3) is 0.885. The van der Waals surface area contributed by atoms with Gasteiger partial charge in [0.2, 0.25) is 6.23 Å². The van der Waals surface area contributed by atoms with Gasteiger partial charge in [-0.05, 0) is 19.8 Å². The molecule has 29 heavy (non-hydrogen) atoms. The SMILES string of the molecule is C=C(C)C(=O)OC(C)[N+](C)(C)CCCCCCCCCCCCCCCCCC. The highest BCUT2D eigenvalue weighted by atomic mass is 16.6. The van der Waals surface area contributed by atoms with Crippen molar-refractivity contribution in [2.45, 2.75) is 130 Å². The lowest BCUT2D eigenvalue weighted by molar-refractivity contribution is -0.932. The van der Waals surface area contributed by atoms with Gasteiger partial charge in [-0.25, -0.2) is 4.79 Å². The molecule has 0 aliphatic carbocycles. The molecule has 0 aromatic rings. The van der Waals surface area contributed by atoms with Crippen molar-refractivity contribution in [1.82, 2.24) is 0 Å². The Morgan fingerprint density at radius 3 is 1.45 bits per heavy atom. The summed E-state index contributed by atoms with van der Waals surface area (Å²) in [6.45, 7) is 10.7. The summed E-state index contributed by atoms with van der Waals surface area (Å²) >= 11 is 0. The second-order valence-corrected chi connectivity index (χ2v) is 9.59. The van der Waals surface area contributed by atoms with Crippen molar-refractivity contribution >= 4 is 5.97 Å². The lowest BCUT2D eigenvalue weighted by Gasteiger charge is -2.35. The number of carbonyl (C=O) groups is 1. The van der Waals surface area contributed by atoms with E-state index in [-0.39, 0.29) is 12.2 Å². The van der Waals surface area contributed by atoms with Crippen LogP contribution in [0.1, 0.15) is 124 Å². The van der Waals surface area contributed by atoms with Gasteiger partial charge in [0.25, 0.3) is 0 Å². The molecular formula is C26H52NO2+. The molecule has 0 fully saturated rings. The Kier molecular flexibility index (Phi) is 17.5. The zero-order valence-electron chi connectivity index (χ0n) is 20.6. The van der Waals surface area contributed by atoms with Crippen molar-refractivity contribution in [3.8, 4) is 0 Å². The molecule has 0 saturated carbocycles. The molecule has 0 spiro atoms. The van der Waals surface area contributed by atoms with Crippen molar-refractivity contribution in [3.05, 3.63) is 12.2 Å². The molecule has 0 aromatic carbocycles. The maximum atomic E-state index is 11.7. The summed E-state index contributed by atoms with van der Waals surface area (Å²) < 4.78 is 6.21. The number of quaternary nitrogens is 1. The van der Waals surface area contributed by atoms with E-state index in [9.17, 15) is 4.79 Å². The third kappa shape index (κ3) is 16.6. The first-order valence-corrected chi connectivity index (χ1v) is 12.5. The van der Waals surface area contributed by atoms with E-state index in [2.05, 4.69) is 27.6 Å². The maximum Gasteiger partial charge on any atom is 0.337 e. The Balaban J connectivity index is 3.46. The molecule has 1 unspecified atom stereocenters. The number of carbonyl (C=O) groups excluding carboxylic acids is 1. The summed E-state index contributed by atoms with van der Waals surface area (Å²) in [5.41, 5.74) is 0.472. The average molecular weight is 411 g/mol. The van der Waals surface area contributed by atoms with Gasteiger partial charge in [-0.15, -0.1) is 0 Å². The Bertz CT molecular complexity index is 417. The van der Waals surface area contributed by atoms with E-state index in [1.807, 2.05) is 6.92 Å². The number of ether oxygens (including phenoxy) is 1. The van der Waals surface area contributed by atoms with Crippen molar-refractivity contribution in [2.75, 3.05) is 20.6 Å². The van der Waals surface area contributed by atoms with Crippen molar-refractivity contribution < 1.29 is 14.0 Å². The van der Waals surface area contributed by atoms with E-state index in [4.69, 9.17) is 4.74 Å². The van der Waals surface area contributed by atoms with E-state index in [1.54, 1.807) is 6.92 Å². The smallest absolute Gasteiger partial charge is 0.337 e. The van der Waals surface area contributed by atoms with Gasteiger partial charge in [0, 0.05) is 12.5 Å². The molecule has 172 valence electrons. The standard InChI is InChI=1S/C26H52NO2/c1-7-8-9-10-11-12-13-14-15-16-17-18-19-20-21-22-23-27(5,6)25(4)29-26(28)24(2)3/h25H,2,7-23H2,1,3-6H3/q+1. The number of unbranched alkanes of at least 4 members (excludes halogenated alkanes) is 15. The van der Waals surface area contributed by atoms with Crippen LogP contribution >= 0.6 is 0 Å². The quantitative estimate of drug-likeness (QED) is 0.0673. The van der Waals surface area contributed by atoms with E-state index in [0.717, 1.165) is 11.0 Å². The molecule has 0 aliphatic rings. The number of hydrogen-bond donors (Lipinski definition) is 0. The van der Waals surface area contributed by atoms with Crippen LogP contribution in [0.5, 0.6) is 0 Å². The van der Waals surface area contributed by atoms with Gasteiger partial charge in [0.05, 0.1) is 20.6 Å². The minimum Gasteiger partial charge on any atom is -0.409 e. The maximum absolute atomic E-state index is 11.7. The van der Waals surface area contributed by atoms with Crippen LogP contribution in [0.3, 0.4) is 0 Å². The van der Waals surface area contributed by atoms with Gasteiger partial charge in [-0.3, -0.25) is 4.48 Å².